The largest absolute Gasteiger partial charge is 0.507 e. The molecule has 0 bridgehead atoms. The zero-order valence-corrected chi connectivity index (χ0v) is 12.0. The van der Waals surface area contributed by atoms with Crippen molar-refractivity contribution >= 4 is 16.7 Å². The fourth-order valence-corrected chi connectivity index (χ4v) is 2.67. The number of fused-ring (bicyclic) bond motifs is 1. The van der Waals surface area contributed by atoms with E-state index in [-0.39, 0.29) is 24.5 Å². The zero-order chi connectivity index (χ0) is 16.6. The van der Waals surface area contributed by atoms with Crippen molar-refractivity contribution in [3.05, 3.63) is 42.0 Å². The maximum Gasteiger partial charge on any atom is 0.416 e. The van der Waals surface area contributed by atoms with E-state index in [1.165, 1.54) is 6.07 Å². The van der Waals surface area contributed by atoms with E-state index in [1.807, 2.05) is 0 Å². The minimum Gasteiger partial charge on any atom is -0.507 e. The highest BCUT2D eigenvalue weighted by atomic mass is 19.4. The smallest absolute Gasteiger partial charge is 0.416 e. The van der Waals surface area contributed by atoms with Crippen LogP contribution < -0.4 is 0 Å². The molecule has 23 heavy (non-hydrogen) atoms. The lowest BCUT2D eigenvalue weighted by Gasteiger charge is -2.34. The number of amides is 1. The van der Waals surface area contributed by atoms with Crippen LogP contribution in [0, 0.1) is 0 Å². The number of alkyl halides is 3. The Morgan fingerprint density at radius 3 is 2.70 bits per heavy atom. The molecule has 1 saturated heterocycles. The van der Waals surface area contributed by atoms with Gasteiger partial charge in [-0.15, -0.1) is 0 Å². The molecule has 122 valence electrons. The Kier molecular flexibility index (Phi) is 3.89. The van der Waals surface area contributed by atoms with Crippen molar-refractivity contribution in [1.29, 1.82) is 0 Å². The summed E-state index contributed by atoms with van der Waals surface area (Å²) in [6.07, 6.45) is -6.53. The highest BCUT2D eigenvalue weighted by molar-refractivity contribution is 6.09. The van der Waals surface area contributed by atoms with Crippen LogP contribution in [0.25, 0.3) is 10.8 Å². The van der Waals surface area contributed by atoms with Crippen molar-refractivity contribution < 1.29 is 27.8 Å². The average Bonchev–Trinajstić information content (AvgIpc) is 2.53. The SMILES string of the molecule is O=C(c1c(O)ccc2ccccc12)N1CCO[C@@H](C(F)(F)F)C1. The molecule has 1 N–H and O–H groups in total. The quantitative estimate of drug-likeness (QED) is 0.877. The summed E-state index contributed by atoms with van der Waals surface area (Å²) < 4.78 is 43.1. The zero-order valence-electron chi connectivity index (χ0n) is 12.0. The van der Waals surface area contributed by atoms with Gasteiger partial charge in [0.25, 0.3) is 5.91 Å². The second-order valence-electron chi connectivity index (χ2n) is 5.33. The van der Waals surface area contributed by atoms with Gasteiger partial charge in [-0.1, -0.05) is 30.3 Å². The number of carbonyl (C=O) groups excluding carboxylic acids is 1. The second-order valence-corrected chi connectivity index (χ2v) is 5.33. The first-order valence-corrected chi connectivity index (χ1v) is 7.06. The van der Waals surface area contributed by atoms with Crippen LogP contribution in [0.15, 0.2) is 36.4 Å². The molecule has 0 saturated carbocycles. The molecular formula is C16H14F3NO3. The number of morpholine rings is 1. The van der Waals surface area contributed by atoms with Gasteiger partial charge in [-0.25, -0.2) is 0 Å². The molecule has 2 aromatic rings. The van der Waals surface area contributed by atoms with Crippen LogP contribution >= 0.6 is 0 Å². The molecule has 1 heterocycles. The molecule has 4 nitrogen and oxygen atoms in total. The van der Waals surface area contributed by atoms with E-state index < -0.39 is 24.7 Å². The molecule has 0 aromatic heterocycles. The lowest BCUT2D eigenvalue weighted by molar-refractivity contribution is -0.233. The maximum absolute atomic E-state index is 12.8. The van der Waals surface area contributed by atoms with Gasteiger partial charge in [-0.05, 0) is 16.8 Å². The number of benzene rings is 2. The number of hydrogen-bond donors (Lipinski definition) is 1. The number of phenolic OH excluding ortho intramolecular Hbond substituents is 1. The van der Waals surface area contributed by atoms with Crippen molar-refractivity contribution in [2.24, 2.45) is 0 Å². The third-order valence-corrected chi connectivity index (χ3v) is 3.84. The van der Waals surface area contributed by atoms with Crippen molar-refractivity contribution in [1.82, 2.24) is 4.90 Å². The monoisotopic (exact) mass is 325 g/mol. The first-order chi connectivity index (χ1) is 10.9. The molecular weight excluding hydrogens is 311 g/mol. The van der Waals surface area contributed by atoms with Gasteiger partial charge < -0.3 is 14.7 Å². The van der Waals surface area contributed by atoms with Crippen LogP contribution in [0.5, 0.6) is 5.75 Å². The molecule has 2 aromatic carbocycles. The summed E-state index contributed by atoms with van der Waals surface area (Å²) in [6.45, 7) is -0.722. The molecule has 0 spiro atoms. The topological polar surface area (TPSA) is 49.8 Å². The van der Waals surface area contributed by atoms with E-state index in [9.17, 15) is 23.1 Å². The van der Waals surface area contributed by atoms with E-state index in [4.69, 9.17) is 4.74 Å². The molecule has 0 unspecified atom stereocenters. The van der Waals surface area contributed by atoms with Gasteiger partial charge in [-0.3, -0.25) is 4.79 Å². The van der Waals surface area contributed by atoms with Crippen molar-refractivity contribution in [2.45, 2.75) is 12.3 Å². The number of carbonyl (C=O) groups is 1. The summed E-state index contributed by atoms with van der Waals surface area (Å²) in [6, 6.07) is 9.93. The summed E-state index contributed by atoms with van der Waals surface area (Å²) >= 11 is 0. The number of rotatable bonds is 1. The molecule has 1 amide bonds. The number of nitrogens with zero attached hydrogens (tertiary/aromatic N) is 1. The van der Waals surface area contributed by atoms with Gasteiger partial charge in [0.2, 0.25) is 0 Å². The Labute approximate surface area is 130 Å². The molecule has 1 fully saturated rings. The summed E-state index contributed by atoms with van der Waals surface area (Å²) in [5.41, 5.74) is 0.0194. The fourth-order valence-electron chi connectivity index (χ4n) is 2.67. The summed E-state index contributed by atoms with van der Waals surface area (Å²) in [7, 11) is 0. The third kappa shape index (κ3) is 2.96. The van der Waals surface area contributed by atoms with Crippen LogP contribution in [0.2, 0.25) is 0 Å². The Balaban J connectivity index is 1.96. The van der Waals surface area contributed by atoms with Gasteiger partial charge in [-0.2, -0.15) is 13.2 Å². The minimum absolute atomic E-state index is 0.0194. The van der Waals surface area contributed by atoms with Crippen molar-refractivity contribution in [3.63, 3.8) is 0 Å². The molecule has 1 aliphatic rings. The van der Waals surface area contributed by atoms with Gasteiger partial charge in [0, 0.05) is 6.54 Å². The number of aromatic hydroxyl groups is 1. The van der Waals surface area contributed by atoms with Crippen LogP contribution in [0.4, 0.5) is 13.2 Å². The number of phenols is 1. The fraction of sp³-hybridized carbons (Fsp3) is 0.312. The highest BCUT2D eigenvalue weighted by Gasteiger charge is 2.44. The lowest BCUT2D eigenvalue weighted by Crippen LogP contribution is -2.51. The van der Waals surface area contributed by atoms with Crippen LogP contribution in [0.3, 0.4) is 0 Å². The van der Waals surface area contributed by atoms with Crippen LogP contribution in [-0.4, -0.2) is 47.9 Å². The van der Waals surface area contributed by atoms with Crippen molar-refractivity contribution in [3.8, 4) is 5.75 Å². The Morgan fingerprint density at radius 1 is 1.22 bits per heavy atom. The lowest BCUT2D eigenvalue weighted by atomic mass is 10.0. The van der Waals surface area contributed by atoms with Gasteiger partial charge in [0.1, 0.15) is 5.75 Å². The molecule has 0 aliphatic carbocycles. The number of halogens is 3. The average molecular weight is 325 g/mol. The van der Waals surface area contributed by atoms with E-state index in [0.717, 1.165) is 10.3 Å². The molecule has 1 aliphatic heterocycles. The van der Waals surface area contributed by atoms with Gasteiger partial charge >= 0.3 is 6.18 Å². The number of hydrogen-bond acceptors (Lipinski definition) is 3. The van der Waals surface area contributed by atoms with E-state index in [2.05, 4.69) is 0 Å². The van der Waals surface area contributed by atoms with E-state index in [0.29, 0.717) is 5.39 Å². The first kappa shape index (κ1) is 15.6. The number of ether oxygens (including phenoxy) is 1. The third-order valence-electron chi connectivity index (χ3n) is 3.84. The predicted molar refractivity (Wildman–Crippen MR) is 77.3 cm³/mol. The molecule has 7 heteroatoms. The second kappa shape index (κ2) is 5.73. The van der Waals surface area contributed by atoms with E-state index in [1.54, 1.807) is 30.3 Å². The maximum atomic E-state index is 12.8. The summed E-state index contributed by atoms with van der Waals surface area (Å²) in [4.78, 5) is 13.7. The summed E-state index contributed by atoms with van der Waals surface area (Å²) in [5, 5.41) is 11.3. The molecule has 1 atom stereocenters. The normalized spacial score (nSPS) is 19.1. The Hall–Kier alpha value is -2.28. The predicted octanol–water partition coefficient (Wildman–Crippen LogP) is 2.95. The standard InChI is InChI=1S/C16H14F3NO3/c17-16(18,19)13-9-20(7-8-23-13)15(22)14-11-4-2-1-3-10(11)5-6-12(14)21/h1-6,13,21H,7-9H2/t13-/m1/s1. The van der Waals surface area contributed by atoms with Crippen molar-refractivity contribution in [2.75, 3.05) is 19.7 Å². The van der Waals surface area contributed by atoms with E-state index >= 15 is 0 Å². The van der Waals surface area contributed by atoms with Crippen LogP contribution in [0.1, 0.15) is 10.4 Å². The Morgan fingerprint density at radius 2 is 1.96 bits per heavy atom. The van der Waals surface area contributed by atoms with Crippen LogP contribution in [-0.2, 0) is 4.74 Å². The highest BCUT2D eigenvalue weighted by Crippen LogP contribution is 2.31. The summed E-state index contributed by atoms with van der Waals surface area (Å²) in [5.74, 6) is -0.874. The van der Waals surface area contributed by atoms with Gasteiger partial charge in [0.15, 0.2) is 6.10 Å². The first-order valence-electron chi connectivity index (χ1n) is 7.06. The van der Waals surface area contributed by atoms with Gasteiger partial charge in [0.05, 0.1) is 18.7 Å². The Bertz CT molecular complexity index is 745. The minimum atomic E-state index is -4.53. The molecule has 0 radical (unpaired) electrons. The molecule has 3 rings (SSSR count).